The molecule has 4 nitrogen and oxygen atoms in total. The summed E-state index contributed by atoms with van der Waals surface area (Å²) in [4.78, 5) is 12.0. The first-order valence-electron chi connectivity index (χ1n) is 6.99. The number of nitrogen functional groups attached to an aromatic ring is 1. The van der Waals surface area contributed by atoms with E-state index in [-0.39, 0.29) is 5.91 Å². The highest BCUT2D eigenvalue weighted by Crippen LogP contribution is 2.18. The zero-order chi connectivity index (χ0) is 14.1. The number of carbonyl (C=O) groups excluding carboxylic acids is 1. The van der Waals surface area contributed by atoms with E-state index < -0.39 is 0 Å². The van der Waals surface area contributed by atoms with Gasteiger partial charge in [-0.2, -0.15) is 0 Å². The van der Waals surface area contributed by atoms with Crippen molar-refractivity contribution in [3.63, 3.8) is 0 Å². The fourth-order valence-electron chi connectivity index (χ4n) is 1.86. The average molecular weight is 264 g/mol. The predicted octanol–water partition coefficient (Wildman–Crippen LogP) is 2.98. The molecule has 0 aromatic heterocycles. The maximum Gasteiger partial charge on any atom is 0.251 e. The molecule has 1 amide bonds. The van der Waals surface area contributed by atoms with E-state index in [0.29, 0.717) is 30.2 Å². The molecule has 19 heavy (non-hydrogen) atoms. The quantitative estimate of drug-likeness (QED) is 0.560. The third-order valence-electron chi connectivity index (χ3n) is 2.82. The molecule has 0 aliphatic rings. The van der Waals surface area contributed by atoms with Crippen LogP contribution in [-0.4, -0.2) is 19.1 Å². The number of unbranched alkanes of at least 4 members (excludes halogenated alkanes) is 3. The molecule has 4 heteroatoms. The summed E-state index contributed by atoms with van der Waals surface area (Å²) < 4.78 is 5.38. The zero-order valence-electron chi connectivity index (χ0n) is 11.9. The summed E-state index contributed by atoms with van der Waals surface area (Å²) in [6.07, 6.45) is 4.57. The molecule has 0 aliphatic heterocycles. The molecule has 0 fully saturated rings. The Bertz CT molecular complexity index is 405. The number of anilines is 1. The lowest BCUT2D eigenvalue weighted by Gasteiger charge is -2.09. The SMILES string of the molecule is CCCCCCNC(=O)c1cc(N)cc(OCC)c1. The molecule has 0 spiro atoms. The highest BCUT2D eigenvalue weighted by molar-refractivity contribution is 5.95. The smallest absolute Gasteiger partial charge is 0.251 e. The van der Waals surface area contributed by atoms with Crippen LogP contribution in [0.25, 0.3) is 0 Å². The second-order valence-corrected chi connectivity index (χ2v) is 4.54. The average Bonchev–Trinajstić information content (AvgIpc) is 2.38. The molecule has 0 bridgehead atoms. The van der Waals surface area contributed by atoms with Gasteiger partial charge in [0, 0.05) is 23.9 Å². The van der Waals surface area contributed by atoms with Crippen molar-refractivity contribution in [3.8, 4) is 5.75 Å². The molecule has 1 rings (SSSR count). The van der Waals surface area contributed by atoms with E-state index in [1.54, 1.807) is 18.2 Å². The van der Waals surface area contributed by atoms with E-state index in [0.717, 1.165) is 12.8 Å². The number of rotatable bonds is 8. The Hall–Kier alpha value is -1.71. The minimum atomic E-state index is -0.0928. The van der Waals surface area contributed by atoms with Gasteiger partial charge in [-0.25, -0.2) is 0 Å². The molecule has 0 unspecified atom stereocenters. The number of benzene rings is 1. The van der Waals surface area contributed by atoms with Crippen LogP contribution in [0, 0.1) is 0 Å². The molecule has 106 valence electrons. The van der Waals surface area contributed by atoms with Gasteiger partial charge in [0.05, 0.1) is 6.61 Å². The number of hydrogen-bond donors (Lipinski definition) is 2. The van der Waals surface area contributed by atoms with Gasteiger partial charge in [0.2, 0.25) is 0 Å². The summed E-state index contributed by atoms with van der Waals surface area (Å²) in [6.45, 7) is 5.33. The Labute approximate surface area is 115 Å². The Morgan fingerprint density at radius 1 is 1.21 bits per heavy atom. The number of carbonyl (C=O) groups is 1. The fourth-order valence-corrected chi connectivity index (χ4v) is 1.86. The highest BCUT2D eigenvalue weighted by atomic mass is 16.5. The number of hydrogen-bond acceptors (Lipinski definition) is 3. The molecule has 0 heterocycles. The Morgan fingerprint density at radius 2 is 2.00 bits per heavy atom. The topological polar surface area (TPSA) is 64.4 Å². The molecule has 3 N–H and O–H groups in total. The third kappa shape index (κ3) is 5.64. The lowest BCUT2D eigenvalue weighted by atomic mass is 10.1. The Kier molecular flexibility index (Phi) is 6.79. The van der Waals surface area contributed by atoms with Crippen LogP contribution in [0.3, 0.4) is 0 Å². The van der Waals surface area contributed by atoms with Gasteiger partial charge in [0.1, 0.15) is 5.75 Å². The first-order valence-corrected chi connectivity index (χ1v) is 6.99. The molecule has 0 atom stereocenters. The van der Waals surface area contributed by atoms with Gasteiger partial charge in [-0.05, 0) is 25.5 Å². The molecule has 0 aliphatic carbocycles. The molecule has 0 radical (unpaired) electrons. The molecule has 0 saturated heterocycles. The minimum Gasteiger partial charge on any atom is -0.494 e. The lowest BCUT2D eigenvalue weighted by Crippen LogP contribution is -2.24. The second kappa shape index (κ2) is 8.40. The largest absolute Gasteiger partial charge is 0.494 e. The van der Waals surface area contributed by atoms with E-state index in [1.165, 1.54) is 12.8 Å². The molecule has 1 aromatic carbocycles. The summed E-state index contributed by atoms with van der Waals surface area (Å²) in [5.74, 6) is 0.545. The highest BCUT2D eigenvalue weighted by Gasteiger charge is 2.07. The molecule has 1 aromatic rings. The summed E-state index contributed by atoms with van der Waals surface area (Å²) in [5, 5.41) is 2.90. The van der Waals surface area contributed by atoms with Crippen molar-refractivity contribution in [3.05, 3.63) is 23.8 Å². The van der Waals surface area contributed by atoms with Gasteiger partial charge >= 0.3 is 0 Å². The number of ether oxygens (including phenoxy) is 1. The van der Waals surface area contributed by atoms with Crippen molar-refractivity contribution >= 4 is 11.6 Å². The van der Waals surface area contributed by atoms with Crippen LogP contribution in [0.5, 0.6) is 5.75 Å². The molecular weight excluding hydrogens is 240 g/mol. The van der Waals surface area contributed by atoms with Gasteiger partial charge in [-0.15, -0.1) is 0 Å². The molecule has 0 saturated carbocycles. The number of nitrogens with one attached hydrogen (secondary N) is 1. The number of nitrogens with two attached hydrogens (primary N) is 1. The van der Waals surface area contributed by atoms with Crippen LogP contribution >= 0.6 is 0 Å². The first kappa shape index (κ1) is 15.3. The standard InChI is InChI=1S/C15H24N2O2/c1-3-5-6-7-8-17-15(18)12-9-13(16)11-14(10-12)19-4-2/h9-11H,3-8,16H2,1-2H3,(H,17,18). The zero-order valence-corrected chi connectivity index (χ0v) is 11.9. The van der Waals surface area contributed by atoms with Crippen molar-refractivity contribution in [1.29, 1.82) is 0 Å². The van der Waals surface area contributed by atoms with Crippen LogP contribution < -0.4 is 15.8 Å². The lowest BCUT2D eigenvalue weighted by molar-refractivity contribution is 0.0952. The maximum atomic E-state index is 12.0. The van der Waals surface area contributed by atoms with Crippen molar-refractivity contribution < 1.29 is 9.53 Å². The fraction of sp³-hybridized carbons (Fsp3) is 0.533. The van der Waals surface area contributed by atoms with Crippen molar-refractivity contribution in [2.75, 3.05) is 18.9 Å². The Morgan fingerprint density at radius 3 is 2.68 bits per heavy atom. The van der Waals surface area contributed by atoms with Gasteiger partial charge in [0.15, 0.2) is 0 Å². The van der Waals surface area contributed by atoms with Crippen molar-refractivity contribution in [2.45, 2.75) is 39.5 Å². The predicted molar refractivity (Wildman–Crippen MR) is 78.5 cm³/mol. The monoisotopic (exact) mass is 264 g/mol. The van der Waals surface area contributed by atoms with Gasteiger partial charge in [-0.1, -0.05) is 26.2 Å². The number of amides is 1. The van der Waals surface area contributed by atoms with Gasteiger partial charge < -0.3 is 15.8 Å². The van der Waals surface area contributed by atoms with Gasteiger partial charge in [0.25, 0.3) is 5.91 Å². The van der Waals surface area contributed by atoms with E-state index in [9.17, 15) is 4.79 Å². The first-order chi connectivity index (χ1) is 9.17. The van der Waals surface area contributed by atoms with Crippen LogP contribution in [0.1, 0.15) is 49.9 Å². The Balaban J connectivity index is 2.51. The second-order valence-electron chi connectivity index (χ2n) is 4.54. The van der Waals surface area contributed by atoms with Crippen LogP contribution in [-0.2, 0) is 0 Å². The van der Waals surface area contributed by atoms with E-state index in [1.807, 2.05) is 6.92 Å². The summed E-state index contributed by atoms with van der Waals surface area (Å²) in [7, 11) is 0. The summed E-state index contributed by atoms with van der Waals surface area (Å²) in [5.41, 5.74) is 6.86. The minimum absolute atomic E-state index is 0.0928. The van der Waals surface area contributed by atoms with Crippen LogP contribution in [0.2, 0.25) is 0 Å². The summed E-state index contributed by atoms with van der Waals surface area (Å²) in [6, 6.07) is 5.12. The maximum absolute atomic E-state index is 12.0. The third-order valence-corrected chi connectivity index (χ3v) is 2.82. The normalized spacial score (nSPS) is 10.2. The van der Waals surface area contributed by atoms with E-state index in [4.69, 9.17) is 10.5 Å². The van der Waals surface area contributed by atoms with Crippen LogP contribution in [0.4, 0.5) is 5.69 Å². The van der Waals surface area contributed by atoms with Crippen molar-refractivity contribution in [1.82, 2.24) is 5.32 Å². The van der Waals surface area contributed by atoms with E-state index in [2.05, 4.69) is 12.2 Å². The van der Waals surface area contributed by atoms with Crippen LogP contribution in [0.15, 0.2) is 18.2 Å². The molecular formula is C15H24N2O2. The van der Waals surface area contributed by atoms with E-state index >= 15 is 0 Å². The van der Waals surface area contributed by atoms with Crippen molar-refractivity contribution in [2.24, 2.45) is 0 Å². The van der Waals surface area contributed by atoms with Gasteiger partial charge in [-0.3, -0.25) is 4.79 Å². The summed E-state index contributed by atoms with van der Waals surface area (Å²) >= 11 is 0.